The molecule has 11 nitrogen and oxygen atoms in total. The summed E-state index contributed by atoms with van der Waals surface area (Å²) >= 11 is 1.32. The van der Waals surface area contributed by atoms with E-state index in [4.69, 9.17) is 5.73 Å². The number of nitrogens with zero attached hydrogens (tertiary/aromatic N) is 1. The maximum absolute atomic E-state index is 13.7. The Hall–Kier alpha value is -3.74. The number of carbonyl (C=O) groups is 3. The quantitative estimate of drug-likeness (QED) is 0.226. The number of ketones is 2. The molecule has 2 aromatic rings. The molecule has 0 spiro atoms. The molecule has 1 aromatic carbocycles. The number of thiazole rings is 1. The molecule has 1 heterocycles. The molecule has 194 valence electrons. The molecule has 0 unspecified atom stereocenters. The van der Waals surface area contributed by atoms with E-state index in [-0.39, 0.29) is 17.0 Å². The number of hydrogen-bond acceptors (Lipinski definition) is 11. The minimum absolute atomic E-state index is 0.0795. The number of aliphatic hydroxyl groups excluding tert-OH is 3. The summed E-state index contributed by atoms with van der Waals surface area (Å²) in [7, 11) is 0. The van der Waals surface area contributed by atoms with Gasteiger partial charge in [0.2, 0.25) is 5.78 Å². The SMILES string of the molecule is CCc1csc(Nc2ccc3c(c2O)C(O)=C2C(=O)[C@]4(O)C(O)=C(C(N)=O)C(=O)C[C@@H]4[C@@H](O)[C@@H]2[C@H]3C)n1. The molecular formula is C25H25N3O8S. The highest BCUT2D eigenvalue weighted by molar-refractivity contribution is 7.13. The van der Waals surface area contributed by atoms with Crippen molar-refractivity contribution in [2.45, 2.75) is 44.3 Å². The van der Waals surface area contributed by atoms with Gasteiger partial charge in [-0.15, -0.1) is 11.3 Å². The van der Waals surface area contributed by atoms with Crippen LogP contribution >= 0.6 is 11.3 Å². The third-order valence-corrected chi connectivity index (χ3v) is 8.46. The minimum atomic E-state index is -2.86. The smallest absolute Gasteiger partial charge is 0.255 e. The lowest BCUT2D eigenvalue weighted by Crippen LogP contribution is -2.63. The predicted octanol–water partition coefficient (Wildman–Crippen LogP) is 1.72. The Kier molecular flexibility index (Phi) is 5.66. The van der Waals surface area contributed by atoms with E-state index < -0.39 is 76.0 Å². The van der Waals surface area contributed by atoms with Crippen LogP contribution in [0.3, 0.4) is 0 Å². The summed E-state index contributed by atoms with van der Waals surface area (Å²) < 4.78 is 0. The first kappa shape index (κ1) is 24.9. The van der Waals surface area contributed by atoms with Crippen LogP contribution < -0.4 is 11.1 Å². The van der Waals surface area contributed by atoms with Gasteiger partial charge < -0.3 is 36.6 Å². The molecule has 0 aliphatic heterocycles. The third kappa shape index (κ3) is 3.32. The first-order chi connectivity index (χ1) is 17.4. The van der Waals surface area contributed by atoms with Crippen LogP contribution in [0.5, 0.6) is 5.75 Å². The van der Waals surface area contributed by atoms with Gasteiger partial charge in [0.1, 0.15) is 22.8 Å². The molecule has 0 bridgehead atoms. The number of hydrogen-bond donors (Lipinski definition) is 7. The Morgan fingerprint density at radius 2 is 1.97 bits per heavy atom. The van der Waals surface area contributed by atoms with Gasteiger partial charge in [-0.2, -0.15) is 0 Å². The molecule has 1 fully saturated rings. The van der Waals surface area contributed by atoms with Crippen molar-refractivity contribution in [1.82, 2.24) is 4.98 Å². The molecule has 0 radical (unpaired) electrons. The van der Waals surface area contributed by atoms with Gasteiger partial charge in [0.25, 0.3) is 5.91 Å². The third-order valence-electron chi connectivity index (χ3n) is 7.66. The maximum Gasteiger partial charge on any atom is 0.255 e. The Balaban J connectivity index is 1.67. The zero-order valence-corrected chi connectivity index (χ0v) is 20.7. The highest BCUT2D eigenvalue weighted by Crippen LogP contribution is 2.56. The number of nitrogens with two attached hydrogens (primary N) is 1. The largest absolute Gasteiger partial charge is 0.508 e. The van der Waals surface area contributed by atoms with Gasteiger partial charge in [-0.25, -0.2) is 4.98 Å². The second kappa shape index (κ2) is 8.40. The fourth-order valence-electron chi connectivity index (χ4n) is 5.74. The number of amides is 1. The Morgan fingerprint density at radius 3 is 2.59 bits per heavy atom. The van der Waals surface area contributed by atoms with Gasteiger partial charge in [0.15, 0.2) is 16.5 Å². The number of nitrogens with one attached hydrogen (secondary N) is 1. The van der Waals surface area contributed by atoms with Crippen molar-refractivity contribution in [1.29, 1.82) is 0 Å². The van der Waals surface area contributed by atoms with E-state index in [0.29, 0.717) is 10.7 Å². The fourth-order valence-corrected chi connectivity index (χ4v) is 6.55. The van der Waals surface area contributed by atoms with Crippen molar-refractivity contribution in [2.24, 2.45) is 17.6 Å². The van der Waals surface area contributed by atoms with Crippen LogP contribution in [0, 0.1) is 11.8 Å². The number of primary amides is 1. The summed E-state index contributed by atoms with van der Waals surface area (Å²) in [6.07, 6.45) is -1.46. The number of rotatable bonds is 4. The average molecular weight is 528 g/mol. The van der Waals surface area contributed by atoms with Crippen LogP contribution in [0.4, 0.5) is 10.8 Å². The number of carbonyl (C=O) groups excluding carboxylic acids is 3. The molecule has 0 saturated heterocycles. The summed E-state index contributed by atoms with van der Waals surface area (Å²) in [5, 5.41) is 61.0. The van der Waals surface area contributed by atoms with Crippen molar-refractivity contribution >= 4 is 45.4 Å². The second-order valence-corrected chi connectivity index (χ2v) is 10.4. The Labute approximate surface area is 214 Å². The lowest BCUT2D eigenvalue weighted by atomic mass is 9.55. The normalized spacial score (nSPS) is 29.1. The average Bonchev–Trinajstić information content (AvgIpc) is 3.30. The van der Waals surface area contributed by atoms with Gasteiger partial charge in [0.05, 0.1) is 23.0 Å². The number of aromatic nitrogens is 1. The molecule has 5 rings (SSSR count). The van der Waals surface area contributed by atoms with Crippen molar-refractivity contribution in [3.63, 3.8) is 0 Å². The molecular weight excluding hydrogens is 502 g/mol. The number of fused-ring (bicyclic) bond motifs is 3. The van der Waals surface area contributed by atoms with Crippen molar-refractivity contribution in [2.75, 3.05) is 5.32 Å². The molecule has 1 aromatic heterocycles. The lowest BCUT2D eigenvalue weighted by molar-refractivity contribution is -0.160. The van der Waals surface area contributed by atoms with E-state index in [1.54, 1.807) is 19.1 Å². The van der Waals surface area contributed by atoms with Gasteiger partial charge in [-0.05, 0) is 24.0 Å². The van der Waals surface area contributed by atoms with Gasteiger partial charge >= 0.3 is 0 Å². The number of aryl methyl sites for hydroxylation is 1. The molecule has 1 saturated carbocycles. The van der Waals surface area contributed by atoms with Crippen LogP contribution in [0.25, 0.3) is 5.76 Å². The molecule has 3 aliphatic rings. The number of phenolic OH excluding ortho intramolecular Hbond substituents is 1. The van der Waals surface area contributed by atoms with Gasteiger partial charge in [-0.1, -0.05) is 19.9 Å². The van der Waals surface area contributed by atoms with Crippen LogP contribution in [0.15, 0.2) is 34.4 Å². The maximum atomic E-state index is 13.7. The Bertz CT molecular complexity index is 1440. The summed E-state index contributed by atoms with van der Waals surface area (Å²) in [6, 6.07) is 3.22. The predicted molar refractivity (Wildman–Crippen MR) is 132 cm³/mol. The topological polar surface area (TPSA) is 203 Å². The number of aliphatic hydroxyl groups is 4. The number of anilines is 2. The lowest BCUT2D eigenvalue weighted by Gasteiger charge is -2.50. The highest BCUT2D eigenvalue weighted by Gasteiger charge is 2.64. The highest BCUT2D eigenvalue weighted by atomic mass is 32.1. The first-order valence-electron chi connectivity index (χ1n) is 11.7. The summed E-state index contributed by atoms with van der Waals surface area (Å²) in [4.78, 5) is 42.4. The van der Waals surface area contributed by atoms with Crippen molar-refractivity contribution < 1.29 is 39.9 Å². The number of aromatic hydroxyl groups is 1. The molecule has 1 amide bonds. The van der Waals surface area contributed by atoms with Gasteiger partial charge in [0, 0.05) is 29.2 Å². The molecule has 3 aliphatic carbocycles. The monoisotopic (exact) mass is 527 g/mol. The summed E-state index contributed by atoms with van der Waals surface area (Å²) in [5.41, 5.74) is 2.39. The van der Waals surface area contributed by atoms with Crippen LogP contribution in [0.1, 0.15) is 43.0 Å². The van der Waals surface area contributed by atoms with E-state index in [1.165, 1.54) is 11.3 Å². The van der Waals surface area contributed by atoms with Crippen molar-refractivity contribution in [3.8, 4) is 5.75 Å². The summed E-state index contributed by atoms with van der Waals surface area (Å²) in [5.74, 6) is -8.93. The fraction of sp³-hybridized carbons (Fsp3) is 0.360. The molecule has 5 atom stereocenters. The Morgan fingerprint density at radius 1 is 1.27 bits per heavy atom. The number of benzene rings is 1. The molecule has 37 heavy (non-hydrogen) atoms. The zero-order chi connectivity index (χ0) is 27.0. The van der Waals surface area contributed by atoms with E-state index >= 15 is 0 Å². The van der Waals surface area contributed by atoms with Crippen LogP contribution in [-0.2, 0) is 20.8 Å². The first-order valence-corrected chi connectivity index (χ1v) is 12.5. The number of Topliss-reactive ketones (excluding diaryl/α,β-unsaturated/α-hetero) is 2. The van der Waals surface area contributed by atoms with E-state index in [0.717, 1.165) is 12.1 Å². The minimum Gasteiger partial charge on any atom is -0.508 e. The standard InChI is InChI=1S/C25H25N3O8S/c1-3-9-7-37-24(27-9)28-12-5-4-10-8(2)14-17(20(32)15(10)19(12)31)22(34)25(36)11(18(14)30)6-13(29)16(21(25)33)23(26)35/h4-5,7-8,11,14,18,30-33,36H,3,6H2,1-2H3,(H2,26,35)(H,27,28)/t8-,11+,14+,18+,25+/m0/s1. The van der Waals surface area contributed by atoms with Gasteiger partial charge in [-0.3, -0.25) is 14.4 Å². The molecule has 8 N–H and O–H groups in total. The van der Waals surface area contributed by atoms with Crippen molar-refractivity contribution in [3.05, 3.63) is 51.2 Å². The van der Waals surface area contributed by atoms with Crippen LogP contribution in [-0.4, -0.2) is 59.7 Å². The zero-order valence-electron chi connectivity index (χ0n) is 19.8. The summed E-state index contributed by atoms with van der Waals surface area (Å²) in [6.45, 7) is 3.62. The second-order valence-electron chi connectivity index (χ2n) is 9.53. The van der Waals surface area contributed by atoms with Crippen LogP contribution in [0.2, 0.25) is 0 Å². The van der Waals surface area contributed by atoms with E-state index in [1.807, 2.05) is 12.3 Å². The van der Waals surface area contributed by atoms with E-state index in [9.17, 15) is 39.9 Å². The van der Waals surface area contributed by atoms with E-state index in [2.05, 4.69) is 10.3 Å². The number of phenols is 1. The molecule has 12 heteroatoms.